The van der Waals surface area contributed by atoms with Crippen molar-refractivity contribution in [2.75, 3.05) is 6.54 Å². The van der Waals surface area contributed by atoms with Crippen LogP contribution in [0, 0.1) is 17.3 Å². The summed E-state index contributed by atoms with van der Waals surface area (Å²) in [7, 11) is 0. The summed E-state index contributed by atoms with van der Waals surface area (Å²) in [6.45, 7) is 12.8. The molecule has 0 radical (unpaired) electrons. The van der Waals surface area contributed by atoms with Crippen molar-refractivity contribution in [3.8, 4) is 0 Å². The fourth-order valence-corrected chi connectivity index (χ4v) is 2.53. The zero-order valence-corrected chi connectivity index (χ0v) is 12.0. The van der Waals surface area contributed by atoms with Crippen LogP contribution in [0.15, 0.2) is 0 Å². The van der Waals surface area contributed by atoms with E-state index >= 15 is 0 Å². The third-order valence-electron chi connectivity index (χ3n) is 4.20. The van der Waals surface area contributed by atoms with Crippen LogP contribution in [0.5, 0.6) is 0 Å². The zero-order valence-electron chi connectivity index (χ0n) is 12.0. The lowest BCUT2D eigenvalue weighted by Crippen LogP contribution is -2.34. The number of hydrogen-bond donors (Lipinski definition) is 1. The molecule has 1 heterocycles. The molecule has 1 aliphatic carbocycles. The van der Waals surface area contributed by atoms with Gasteiger partial charge in [0.2, 0.25) is 0 Å². The van der Waals surface area contributed by atoms with Crippen LogP contribution < -0.4 is 5.32 Å². The van der Waals surface area contributed by atoms with Crippen LogP contribution in [0.25, 0.3) is 0 Å². The second-order valence-corrected chi connectivity index (χ2v) is 6.95. The van der Waals surface area contributed by atoms with Gasteiger partial charge in [-0.15, -0.1) is 0 Å². The summed E-state index contributed by atoms with van der Waals surface area (Å²) < 4.78 is 0. The lowest BCUT2D eigenvalue weighted by Gasteiger charge is -2.28. The Bertz CT molecular complexity index is 180. The average molecular weight is 225 g/mol. The number of nitrogens with one attached hydrogen (secondary N) is 1. The zero-order chi connectivity index (χ0) is 12.2. The molecule has 0 bridgehead atoms. The highest BCUT2D eigenvalue weighted by atomic mass is 14.9. The Morgan fingerprint density at radius 2 is 1.62 bits per heavy atom. The molecule has 2 fully saturated rings. The molecule has 0 spiro atoms. The summed E-state index contributed by atoms with van der Waals surface area (Å²) >= 11 is 0. The topological polar surface area (TPSA) is 12.0 Å². The molecule has 1 saturated carbocycles. The smallest absolute Gasteiger partial charge is 0.0116 e. The van der Waals surface area contributed by atoms with Gasteiger partial charge in [-0.05, 0) is 36.6 Å². The minimum Gasteiger partial charge on any atom is -0.313 e. The predicted molar refractivity (Wildman–Crippen MR) is 72.7 cm³/mol. The van der Waals surface area contributed by atoms with Gasteiger partial charge in [-0.1, -0.05) is 53.9 Å². The fourth-order valence-electron chi connectivity index (χ4n) is 2.53. The highest BCUT2D eigenvalue weighted by Gasteiger charge is 2.26. The highest BCUT2D eigenvalue weighted by molar-refractivity contribution is 4.84. The second-order valence-electron chi connectivity index (χ2n) is 6.95. The molecule has 2 rings (SSSR count). The maximum atomic E-state index is 3.50. The largest absolute Gasteiger partial charge is 0.313 e. The van der Waals surface area contributed by atoms with Crippen LogP contribution >= 0.6 is 0 Å². The summed E-state index contributed by atoms with van der Waals surface area (Å²) in [6, 6.07) is 0.762. The van der Waals surface area contributed by atoms with Gasteiger partial charge in [-0.25, -0.2) is 0 Å². The van der Waals surface area contributed by atoms with Crippen molar-refractivity contribution in [1.29, 1.82) is 0 Å². The van der Waals surface area contributed by atoms with E-state index < -0.39 is 0 Å². The van der Waals surface area contributed by atoms with Crippen molar-refractivity contribution in [3.63, 3.8) is 0 Å². The Morgan fingerprint density at radius 1 is 1.00 bits per heavy atom. The van der Waals surface area contributed by atoms with E-state index in [1.165, 1.54) is 38.6 Å². The van der Waals surface area contributed by atoms with Crippen molar-refractivity contribution < 1.29 is 0 Å². The van der Waals surface area contributed by atoms with Crippen molar-refractivity contribution in [3.05, 3.63) is 0 Å². The standard InChI is InChI=1S/C8H17N.C7H14/c1-8(2,3)7-5-4-6-9-7;1-6(2)7-4-3-5-7/h7,9H,4-6H2,1-3H3;6-7H,3-5H2,1-2H3. The molecular formula is C15H31N. The van der Waals surface area contributed by atoms with Crippen LogP contribution in [-0.4, -0.2) is 12.6 Å². The van der Waals surface area contributed by atoms with E-state index in [4.69, 9.17) is 0 Å². The summed E-state index contributed by atoms with van der Waals surface area (Å²) in [4.78, 5) is 0. The maximum absolute atomic E-state index is 3.50. The Labute approximate surface area is 102 Å². The van der Waals surface area contributed by atoms with Gasteiger partial charge < -0.3 is 5.32 Å². The van der Waals surface area contributed by atoms with Gasteiger partial charge in [0.15, 0.2) is 0 Å². The molecule has 0 aromatic heterocycles. The van der Waals surface area contributed by atoms with Gasteiger partial charge in [-0.2, -0.15) is 0 Å². The lowest BCUT2D eigenvalue weighted by molar-refractivity contribution is 0.235. The third kappa shape index (κ3) is 4.45. The van der Waals surface area contributed by atoms with E-state index in [-0.39, 0.29) is 0 Å². The van der Waals surface area contributed by atoms with Crippen molar-refractivity contribution >= 4 is 0 Å². The van der Waals surface area contributed by atoms with Crippen LogP contribution in [0.2, 0.25) is 0 Å². The summed E-state index contributed by atoms with van der Waals surface area (Å²) in [5.74, 6) is 2.04. The second kappa shape index (κ2) is 6.05. The third-order valence-corrected chi connectivity index (χ3v) is 4.20. The molecule has 1 N–H and O–H groups in total. The van der Waals surface area contributed by atoms with Gasteiger partial charge in [0.1, 0.15) is 0 Å². The Kier molecular flexibility index (Phi) is 5.30. The van der Waals surface area contributed by atoms with E-state index in [9.17, 15) is 0 Å². The van der Waals surface area contributed by atoms with Crippen molar-refractivity contribution in [2.45, 2.75) is 72.8 Å². The molecule has 1 nitrogen and oxygen atoms in total. The average Bonchev–Trinajstić information content (AvgIpc) is 2.49. The van der Waals surface area contributed by atoms with Gasteiger partial charge in [0, 0.05) is 6.04 Å². The summed E-state index contributed by atoms with van der Waals surface area (Å²) in [5.41, 5.74) is 0.469. The molecule has 1 heteroatoms. The van der Waals surface area contributed by atoms with Gasteiger partial charge >= 0.3 is 0 Å². The molecule has 16 heavy (non-hydrogen) atoms. The van der Waals surface area contributed by atoms with E-state index in [0.29, 0.717) is 5.41 Å². The molecule has 96 valence electrons. The Morgan fingerprint density at radius 3 is 1.75 bits per heavy atom. The van der Waals surface area contributed by atoms with E-state index in [1.807, 2.05) is 0 Å². The van der Waals surface area contributed by atoms with Gasteiger partial charge in [-0.3, -0.25) is 0 Å². The number of rotatable bonds is 1. The van der Waals surface area contributed by atoms with Crippen molar-refractivity contribution in [2.24, 2.45) is 17.3 Å². The molecule has 0 aromatic rings. The first-order valence-electron chi connectivity index (χ1n) is 7.14. The minimum absolute atomic E-state index is 0.469. The van der Waals surface area contributed by atoms with Crippen molar-refractivity contribution in [1.82, 2.24) is 5.32 Å². The fraction of sp³-hybridized carbons (Fsp3) is 1.00. The summed E-state index contributed by atoms with van der Waals surface area (Å²) in [5, 5.41) is 3.50. The summed E-state index contributed by atoms with van der Waals surface area (Å²) in [6.07, 6.45) is 7.21. The van der Waals surface area contributed by atoms with Crippen LogP contribution in [0.1, 0.15) is 66.7 Å². The van der Waals surface area contributed by atoms with Crippen LogP contribution in [0.4, 0.5) is 0 Å². The van der Waals surface area contributed by atoms with E-state index in [1.54, 1.807) is 0 Å². The highest BCUT2D eigenvalue weighted by Crippen LogP contribution is 2.32. The first-order chi connectivity index (χ1) is 7.41. The Hall–Kier alpha value is -0.0400. The van der Waals surface area contributed by atoms with Crippen LogP contribution in [-0.2, 0) is 0 Å². The molecule has 1 atom stereocenters. The van der Waals surface area contributed by atoms with Gasteiger partial charge in [0.05, 0.1) is 0 Å². The predicted octanol–water partition coefficient (Wildman–Crippen LogP) is 4.23. The molecule has 1 aliphatic heterocycles. The van der Waals surface area contributed by atoms with E-state index in [2.05, 4.69) is 39.9 Å². The monoisotopic (exact) mass is 225 g/mol. The minimum atomic E-state index is 0.469. The first kappa shape index (κ1) is 14.0. The Balaban J connectivity index is 0.000000165. The SMILES string of the molecule is CC(C)(C)C1CCCN1.CC(C)C1CCC1. The van der Waals surface area contributed by atoms with Gasteiger partial charge in [0.25, 0.3) is 0 Å². The lowest BCUT2D eigenvalue weighted by atomic mass is 9.78. The molecule has 2 aliphatic rings. The first-order valence-corrected chi connectivity index (χ1v) is 7.14. The molecule has 1 saturated heterocycles. The normalized spacial score (nSPS) is 26.2. The van der Waals surface area contributed by atoms with E-state index in [0.717, 1.165) is 17.9 Å². The maximum Gasteiger partial charge on any atom is 0.0116 e. The molecule has 0 amide bonds. The molecule has 1 unspecified atom stereocenters. The molecular weight excluding hydrogens is 194 g/mol. The molecule has 0 aromatic carbocycles. The number of hydrogen-bond acceptors (Lipinski definition) is 1. The van der Waals surface area contributed by atoms with Crippen LogP contribution in [0.3, 0.4) is 0 Å². The quantitative estimate of drug-likeness (QED) is 0.704.